The summed E-state index contributed by atoms with van der Waals surface area (Å²) < 4.78 is 0. The molecular weight excluding hydrogens is 663 g/mol. The summed E-state index contributed by atoms with van der Waals surface area (Å²) in [6.07, 6.45) is 73.7. The molecule has 0 N–H and O–H groups in total. The van der Waals surface area contributed by atoms with Crippen molar-refractivity contribution in [2.45, 2.75) is 290 Å². The highest BCUT2D eigenvalue weighted by atomic mass is 15.1. The second-order valence-corrected chi connectivity index (χ2v) is 17.7. The fraction of sp³-hybridized carbons (Fsp3) is 0.889. The zero-order chi connectivity index (χ0) is 39.6. The van der Waals surface area contributed by atoms with Crippen molar-refractivity contribution in [1.29, 1.82) is 0 Å². The highest BCUT2D eigenvalue weighted by Gasteiger charge is 2.05. The predicted octanol–water partition coefficient (Wildman–Crippen LogP) is 19.4. The summed E-state index contributed by atoms with van der Waals surface area (Å²) in [7, 11) is 0. The van der Waals surface area contributed by atoms with E-state index in [0.717, 1.165) is 0 Å². The molecule has 0 atom stereocenters. The maximum absolute atomic E-state index is 2.86. The summed E-state index contributed by atoms with van der Waals surface area (Å²) in [5, 5.41) is 0. The van der Waals surface area contributed by atoms with Crippen LogP contribution in [0.25, 0.3) is 0 Å². The molecule has 0 bridgehead atoms. The number of rotatable bonds is 48. The van der Waals surface area contributed by atoms with Crippen LogP contribution < -0.4 is 0 Å². The van der Waals surface area contributed by atoms with Crippen LogP contribution in [0.3, 0.4) is 0 Å². The SMILES string of the molecule is CCCCCCCC/C=C\CCCCCCCCN(CCCCCCCC/C=C\CCCCCCCC)CCCCCCCC/C=C\CCCCCCCC. The maximum atomic E-state index is 2.86. The van der Waals surface area contributed by atoms with Crippen molar-refractivity contribution in [2.75, 3.05) is 19.6 Å². The Morgan fingerprint density at radius 2 is 0.364 bits per heavy atom. The van der Waals surface area contributed by atoms with Crippen molar-refractivity contribution >= 4 is 0 Å². The van der Waals surface area contributed by atoms with Gasteiger partial charge in [0, 0.05) is 0 Å². The minimum atomic E-state index is 1.30. The summed E-state index contributed by atoms with van der Waals surface area (Å²) in [6, 6.07) is 0. The van der Waals surface area contributed by atoms with Gasteiger partial charge in [-0.15, -0.1) is 0 Å². The Hall–Kier alpha value is -0.820. The zero-order valence-electron chi connectivity index (χ0n) is 38.7. The van der Waals surface area contributed by atoms with Gasteiger partial charge >= 0.3 is 0 Å². The van der Waals surface area contributed by atoms with E-state index in [-0.39, 0.29) is 0 Å². The van der Waals surface area contributed by atoms with E-state index in [9.17, 15) is 0 Å². The van der Waals surface area contributed by atoms with Gasteiger partial charge in [-0.3, -0.25) is 0 Å². The van der Waals surface area contributed by atoms with Gasteiger partial charge in [-0.05, 0) is 116 Å². The third-order valence-electron chi connectivity index (χ3n) is 12.0. The summed E-state index contributed by atoms with van der Waals surface area (Å²) in [5.74, 6) is 0. The third kappa shape index (κ3) is 49.3. The second kappa shape index (κ2) is 51.2. The van der Waals surface area contributed by atoms with E-state index >= 15 is 0 Å². The van der Waals surface area contributed by atoms with Crippen LogP contribution in [0.2, 0.25) is 0 Å². The van der Waals surface area contributed by atoms with E-state index in [4.69, 9.17) is 0 Å². The fourth-order valence-electron chi connectivity index (χ4n) is 8.08. The number of unbranched alkanes of at least 4 members (excludes halogenated alkanes) is 36. The molecule has 0 fully saturated rings. The van der Waals surface area contributed by atoms with Gasteiger partial charge in [0.25, 0.3) is 0 Å². The molecule has 0 rings (SSSR count). The molecular formula is C54H105N. The van der Waals surface area contributed by atoms with Crippen LogP contribution >= 0.6 is 0 Å². The van der Waals surface area contributed by atoms with Crippen LogP contribution in [-0.2, 0) is 0 Å². The first-order valence-corrected chi connectivity index (χ1v) is 26.0. The van der Waals surface area contributed by atoms with E-state index in [2.05, 4.69) is 62.1 Å². The van der Waals surface area contributed by atoms with Gasteiger partial charge in [0.2, 0.25) is 0 Å². The minimum absolute atomic E-state index is 1.30. The fourth-order valence-corrected chi connectivity index (χ4v) is 8.08. The Labute approximate surface area is 350 Å². The second-order valence-electron chi connectivity index (χ2n) is 17.7. The zero-order valence-corrected chi connectivity index (χ0v) is 38.7. The van der Waals surface area contributed by atoms with E-state index in [1.54, 1.807) is 0 Å². The van der Waals surface area contributed by atoms with E-state index < -0.39 is 0 Å². The molecule has 326 valence electrons. The van der Waals surface area contributed by atoms with Crippen LogP contribution in [-0.4, -0.2) is 24.5 Å². The lowest BCUT2D eigenvalue weighted by molar-refractivity contribution is 0.254. The molecule has 1 heteroatoms. The highest BCUT2D eigenvalue weighted by Crippen LogP contribution is 2.15. The van der Waals surface area contributed by atoms with Crippen molar-refractivity contribution in [3.8, 4) is 0 Å². The molecule has 0 unspecified atom stereocenters. The Balaban J connectivity index is 4.05. The first kappa shape index (κ1) is 54.2. The number of nitrogens with zero attached hydrogens (tertiary/aromatic N) is 1. The van der Waals surface area contributed by atoms with Gasteiger partial charge in [0.05, 0.1) is 0 Å². The van der Waals surface area contributed by atoms with Gasteiger partial charge in [0.1, 0.15) is 0 Å². The van der Waals surface area contributed by atoms with Crippen LogP contribution in [0, 0.1) is 0 Å². The number of allylic oxidation sites excluding steroid dienone is 6. The third-order valence-corrected chi connectivity index (χ3v) is 12.0. The standard InChI is InChI=1S/C54H105N/c1-4-7-10-13-16-19-22-25-28-31-34-37-40-43-46-49-52-55(53-50-47-44-41-38-35-32-29-26-23-20-17-14-11-8-5-2)54-51-48-45-42-39-36-33-30-27-24-21-18-15-12-9-6-3/h25-30H,4-24,31-54H2,1-3H3/b28-25-,29-26-,30-27-. The smallest absolute Gasteiger partial charge is 0.00187 e. The molecule has 0 aliphatic heterocycles. The molecule has 0 aromatic heterocycles. The average Bonchev–Trinajstić information content (AvgIpc) is 3.20. The molecule has 0 aromatic carbocycles. The van der Waals surface area contributed by atoms with Crippen LogP contribution in [0.5, 0.6) is 0 Å². The topological polar surface area (TPSA) is 3.24 Å². The monoisotopic (exact) mass is 768 g/mol. The van der Waals surface area contributed by atoms with Gasteiger partial charge in [-0.25, -0.2) is 0 Å². The Morgan fingerprint density at radius 3 is 0.564 bits per heavy atom. The highest BCUT2D eigenvalue weighted by molar-refractivity contribution is 4.82. The predicted molar refractivity (Wildman–Crippen MR) is 255 cm³/mol. The molecule has 0 aliphatic rings. The quantitative estimate of drug-likeness (QED) is 0.0440. The lowest BCUT2D eigenvalue weighted by atomic mass is 10.1. The maximum Gasteiger partial charge on any atom is -0.00187 e. The number of hydrogen-bond donors (Lipinski definition) is 0. The first-order valence-electron chi connectivity index (χ1n) is 26.0. The number of hydrogen-bond acceptors (Lipinski definition) is 1. The van der Waals surface area contributed by atoms with Crippen molar-refractivity contribution in [1.82, 2.24) is 4.90 Å². The van der Waals surface area contributed by atoms with Crippen molar-refractivity contribution < 1.29 is 0 Å². The van der Waals surface area contributed by atoms with Crippen molar-refractivity contribution in [2.24, 2.45) is 0 Å². The van der Waals surface area contributed by atoms with Crippen LogP contribution in [0.1, 0.15) is 290 Å². The lowest BCUT2D eigenvalue weighted by Crippen LogP contribution is -2.27. The normalized spacial score (nSPS) is 12.2. The van der Waals surface area contributed by atoms with Crippen molar-refractivity contribution in [3.63, 3.8) is 0 Å². The molecule has 0 saturated heterocycles. The van der Waals surface area contributed by atoms with Crippen molar-refractivity contribution in [3.05, 3.63) is 36.5 Å². The minimum Gasteiger partial charge on any atom is -0.303 e. The molecule has 55 heavy (non-hydrogen) atoms. The molecule has 0 radical (unpaired) electrons. The molecule has 0 amide bonds. The Kier molecular flexibility index (Phi) is 50.4. The molecule has 0 aromatic rings. The average molecular weight is 768 g/mol. The van der Waals surface area contributed by atoms with E-state index in [0.29, 0.717) is 0 Å². The van der Waals surface area contributed by atoms with E-state index in [1.165, 1.54) is 289 Å². The summed E-state index contributed by atoms with van der Waals surface area (Å²) in [4.78, 5) is 2.86. The van der Waals surface area contributed by atoms with Gasteiger partial charge in [-0.1, -0.05) is 231 Å². The van der Waals surface area contributed by atoms with Crippen LogP contribution in [0.4, 0.5) is 0 Å². The van der Waals surface area contributed by atoms with E-state index in [1.807, 2.05) is 0 Å². The summed E-state index contributed by atoms with van der Waals surface area (Å²) >= 11 is 0. The Bertz CT molecular complexity index is 648. The van der Waals surface area contributed by atoms with Gasteiger partial charge < -0.3 is 4.90 Å². The molecule has 0 aliphatic carbocycles. The van der Waals surface area contributed by atoms with Crippen LogP contribution in [0.15, 0.2) is 36.5 Å². The largest absolute Gasteiger partial charge is 0.303 e. The Morgan fingerprint density at radius 1 is 0.200 bits per heavy atom. The van der Waals surface area contributed by atoms with Gasteiger partial charge in [0.15, 0.2) is 0 Å². The summed E-state index contributed by atoms with van der Waals surface area (Å²) in [5.41, 5.74) is 0. The molecule has 0 heterocycles. The lowest BCUT2D eigenvalue weighted by Gasteiger charge is -2.22. The molecule has 0 spiro atoms. The molecule has 1 nitrogen and oxygen atoms in total. The molecule has 0 saturated carbocycles. The van der Waals surface area contributed by atoms with Gasteiger partial charge in [-0.2, -0.15) is 0 Å². The summed E-state index contributed by atoms with van der Waals surface area (Å²) in [6.45, 7) is 11.0. The first-order chi connectivity index (χ1) is 27.3.